The standard InChI is InChI=1S/C17H15NO/c1-11-5-3-7-13(9-11)17-15(10-19)14-8-4-6-12(2)16(14)18-17/h3-10,18H,1-2H3. The van der Waals surface area contributed by atoms with E-state index in [-0.39, 0.29) is 0 Å². The van der Waals surface area contributed by atoms with Gasteiger partial charge in [-0.3, -0.25) is 4.79 Å². The Labute approximate surface area is 112 Å². The van der Waals surface area contributed by atoms with E-state index in [0.717, 1.165) is 39.6 Å². The number of rotatable bonds is 2. The predicted molar refractivity (Wildman–Crippen MR) is 78.6 cm³/mol. The Morgan fingerprint density at radius 1 is 1.05 bits per heavy atom. The molecule has 2 aromatic carbocycles. The van der Waals surface area contributed by atoms with Crippen LogP contribution in [0.5, 0.6) is 0 Å². The van der Waals surface area contributed by atoms with Crippen LogP contribution in [0.25, 0.3) is 22.2 Å². The monoisotopic (exact) mass is 249 g/mol. The van der Waals surface area contributed by atoms with Gasteiger partial charge in [0.15, 0.2) is 6.29 Å². The normalized spacial score (nSPS) is 10.8. The lowest BCUT2D eigenvalue weighted by Crippen LogP contribution is -1.85. The molecule has 0 unspecified atom stereocenters. The maximum atomic E-state index is 11.5. The Morgan fingerprint density at radius 3 is 2.58 bits per heavy atom. The summed E-state index contributed by atoms with van der Waals surface area (Å²) in [5, 5.41) is 0.992. The second-order valence-corrected chi connectivity index (χ2v) is 4.90. The maximum Gasteiger partial charge on any atom is 0.152 e. The zero-order valence-electron chi connectivity index (χ0n) is 11.0. The van der Waals surface area contributed by atoms with Gasteiger partial charge in [0.25, 0.3) is 0 Å². The number of benzene rings is 2. The van der Waals surface area contributed by atoms with Crippen molar-refractivity contribution in [1.82, 2.24) is 4.98 Å². The lowest BCUT2D eigenvalue weighted by Gasteiger charge is -2.01. The Balaban J connectivity index is 2.35. The molecule has 3 aromatic rings. The summed E-state index contributed by atoms with van der Waals surface area (Å²) in [7, 11) is 0. The first kappa shape index (κ1) is 11.7. The van der Waals surface area contributed by atoms with Crippen LogP contribution < -0.4 is 0 Å². The van der Waals surface area contributed by atoms with E-state index in [9.17, 15) is 4.79 Å². The Bertz CT molecular complexity index is 768. The van der Waals surface area contributed by atoms with Gasteiger partial charge in [-0.1, -0.05) is 42.0 Å². The topological polar surface area (TPSA) is 32.9 Å². The fourth-order valence-corrected chi connectivity index (χ4v) is 2.54. The average Bonchev–Trinajstić information content (AvgIpc) is 2.79. The van der Waals surface area contributed by atoms with Gasteiger partial charge < -0.3 is 4.98 Å². The van der Waals surface area contributed by atoms with Crippen molar-refractivity contribution in [3.8, 4) is 11.3 Å². The summed E-state index contributed by atoms with van der Waals surface area (Å²) in [6, 6.07) is 14.2. The number of aromatic amines is 1. The molecule has 3 rings (SSSR count). The highest BCUT2D eigenvalue weighted by Gasteiger charge is 2.13. The van der Waals surface area contributed by atoms with Crippen LogP contribution in [0.4, 0.5) is 0 Å². The zero-order chi connectivity index (χ0) is 13.4. The summed E-state index contributed by atoms with van der Waals surface area (Å²) in [5.41, 5.74) is 6.08. The van der Waals surface area contributed by atoms with E-state index >= 15 is 0 Å². The van der Waals surface area contributed by atoms with Gasteiger partial charge in [0.2, 0.25) is 0 Å². The molecular weight excluding hydrogens is 234 g/mol. The maximum absolute atomic E-state index is 11.5. The van der Waals surface area contributed by atoms with Gasteiger partial charge in [0.1, 0.15) is 0 Å². The number of carbonyl (C=O) groups is 1. The van der Waals surface area contributed by atoms with Gasteiger partial charge in [0.05, 0.1) is 5.69 Å². The molecule has 0 saturated heterocycles. The van der Waals surface area contributed by atoms with E-state index in [2.05, 4.69) is 24.0 Å². The van der Waals surface area contributed by atoms with Gasteiger partial charge in [-0.2, -0.15) is 0 Å². The van der Waals surface area contributed by atoms with E-state index in [1.807, 2.05) is 37.3 Å². The third-order valence-electron chi connectivity index (χ3n) is 3.51. The molecule has 0 fully saturated rings. The fourth-order valence-electron chi connectivity index (χ4n) is 2.54. The van der Waals surface area contributed by atoms with Crippen molar-refractivity contribution in [2.45, 2.75) is 13.8 Å². The molecule has 0 aliphatic rings. The summed E-state index contributed by atoms with van der Waals surface area (Å²) in [4.78, 5) is 14.8. The van der Waals surface area contributed by atoms with Crippen molar-refractivity contribution in [2.75, 3.05) is 0 Å². The number of hydrogen-bond donors (Lipinski definition) is 1. The molecule has 0 amide bonds. The van der Waals surface area contributed by atoms with E-state index in [4.69, 9.17) is 0 Å². The van der Waals surface area contributed by atoms with Crippen molar-refractivity contribution < 1.29 is 4.79 Å². The first-order valence-corrected chi connectivity index (χ1v) is 6.34. The highest BCUT2D eigenvalue weighted by atomic mass is 16.1. The summed E-state index contributed by atoms with van der Waals surface area (Å²) in [6.07, 6.45) is 0.940. The summed E-state index contributed by atoms with van der Waals surface area (Å²) in [5.74, 6) is 0. The molecule has 0 radical (unpaired) electrons. The average molecular weight is 249 g/mol. The molecule has 1 N–H and O–H groups in total. The van der Waals surface area contributed by atoms with Crippen molar-refractivity contribution in [1.29, 1.82) is 0 Å². The Kier molecular flexibility index (Phi) is 2.71. The highest BCUT2D eigenvalue weighted by molar-refractivity contribution is 6.05. The summed E-state index contributed by atoms with van der Waals surface area (Å²) < 4.78 is 0. The molecule has 0 aliphatic heterocycles. The van der Waals surface area contributed by atoms with Crippen molar-refractivity contribution >= 4 is 17.2 Å². The van der Waals surface area contributed by atoms with Gasteiger partial charge in [0, 0.05) is 16.5 Å². The Hall–Kier alpha value is -2.35. The van der Waals surface area contributed by atoms with Gasteiger partial charge in [-0.05, 0) is 31.0 Å². The van der Waals surface area contributed by atoms with Crippen LogP contribution in [0.3, 0.4) is 0 Å². The molecule has 0 aliphatic carbocycles. The van der Waals surface area contributed by atoms with E-state index in [1.165, 1.54) is 5.56 Å². The molecule has 2 heteroatoms. The zero-order valence-corrected chi connectivity index (χ0v) is 11.0. The third-order valence-corrected chi connectivity index (χ3v) is 3.51. The number of fused-ring (bicyclic) bond motifs is 1. The summed E-state index contributed by atoms with van der Waals surface area (Å²) >= 11 is 0. The molecule has 0 spiro atoms. The minimum atomic E-state index is 0.740. The first-order chi connectivity index (χ1) is 9.20. The lowest BCUT2D eigenvalue weighted by molar-refractivity contribution is 0.112. The number of para-hydroxylation sites is 1. The van der Waals surface area contributed by atoms with Crippen LogP contribution in [-0.2, 0) is 0 Å². The predicted octanol–water partition coefficient (Wildman–Crippen LogP) is 4.26. The number of carbonyl (C=O) groups excluding carboxylic acids is 1. The number of aldehydes is 1. The van der Waals surface area contributed by atoms with Crippen LogP contribution in [-0.4, -0.2) is 11.3 Å². The Morgan fingerprint density at radius 2 is 1.84 bits per heavy atom. The SMILES string of the molecule is Cc1cccc(-c2[nH]c3c(C)cccc3c2C=O)c1. The number of aryl methyl sites for hydroxylation is 2. The number of hydrogen-bond acceptors (Lipinski definition) is 1. The number of aromatic nitrogens is 1. The van der Waals surface area contributed by atoms with E-state index in [1.54, 1.807) is 0 Å². The van der Waals surface area contributed by atoms with E-state index < -0.39 is 0 Å². The minimum Gasteiger partial charge on any atom is -0.354 e. The van der Waals surface area contributed by atoms with Crippen molar-refractivity contribution in [3.05, 3.63) is 59.2 Å². The largest absolute Gasteiger partial charge is 0.354 e. The summed E-state index contributed by atoms with van der Waals surface area (Å²) in [6.45, 7) is 4.10. The molecular formula is C17H15NO. The molecule has 19 heavy (non-hydrogen) atoms. The smallest absolute Gasteiger partial charge is 0.152 e. The first-order valence-electron chi connectivity index (χ1n) is 6.34. The third kappa shape index (κ3) is 1.85. The van der Waals surface area contributed by atoms with E-state index in [0.29, 0.717) is 0 Å². The van der Waals surface area contributed by atoms with Crippen LogP contribution >= 0.6 is 0 Å². The van der Waals surface area contributed by atoms with Crippen molar-refractivity contribution in [3.63, 3.8) is 0 Å². The molecule has 1 aromatic heterocycles. The van der Waals surface area contributed by atoms with Gasteiger partial charge >= 0.3 is 0 Å². The molecule has 0 saturated carbocycles. The van der Waals surface area contributed by atoms with Gasteiger partial charge in [-0.25, -0.2) is 0 Å². The highest BCUT2D eigenvalue weighted by Crippen LogP contribution is 2.30. The second kappa shape index (κ2) is 4.39. The molecule has 94 valence electrons. The van der Waals surface area contributed by atoms with Gasteiger partial charge in [-0.15, -0.1) is 0 Å². The fraction of sp³-hybridized carbons (Fsp3) is 0.118. The molecule has 0 atom stereocenters. The van der Waals surface area contributed by atoms with Crippen LogP contribution in [0, 0.1) is 13.8 Å². The van der Waals surface area contributed by atoms with Crippen LogP contribution in [0.2, 0.25) is 0 Å². The van der Waals surface area contributed by atoms with Crippen LogP contribution in [0.1, 0.15) is 21.5 Å². The second-order valence-electron chi connectivity index (χ2n) is 4.90. The minimum absolute atomic E-state index is 0.740. The van der Waals surface area contributed by atoms with Crippen LogP contribution in [0.15, 0.2) is 42.5 Å². The number of H-pyrrole nitrogens is 1. The number of nitrogens with one attached hydrogen (secondary N) is 1. The molecule has 0 bridgehead atoms. The lowest BCUT2D eigenvalue weighted by atomic mass is 10.0. The molecule has 2 nitrogen and oxygen atoms in total. The quantitative estimate of drug-likeness (QED) is 0.676. The van der Waals surface area contributed by atoms with Crippen molar-refractivity contribution in [2.24, 2.45) is 0 Å². The molecule has 1 heterocycles.